The van der Waals surface area contributed by atoms with Crippen molar-refractivity contribution in [2.45, 2.75) is 6.92 Å². The van der Waals surface area contributed by atoms with Gasteiger partial charge in [0.2, 0.25) is 0 Å². The van der Waals surface area contributed by atoms with Gasteiger partial charge in [-0.25, -0.2) is 9.78 Å². The number of amides is 1. The first-order valence-electron chi connectivity index (χ1n) is 6.04. The maximum absolute atomic E-state index is 12.1. The number of para-hydroxylation sites is 2. The number of anilines is 1. The second-order valence-electron chi connectivity index (χ2n) is 4.37. The van der Waals surface area contributed by atoms with Gasteiger partial charge in [0.1, 0.15) is 10.5 Å². The number of aryl methyl sites for hydroxylation is 1. The number of aromatic carboxylic acids is 1. The summed E-state index contributed by atoms with van der Waals surface area (Å²) in [6.45, 7) is 1.68. The van der Waals surface area contributed by atoms with E-state index in [1.54, 1.807) is 36.6 Å². The van der Waals surface area contributed by atoms with E-state index in [1.165, 1.54) is 0 Å². The van der Waals surface area contributed by atoms with Gasteiger partial charge in [-0.05, 0) is 30.0 Å². The number of carboxylic acids is 1. The van der Waals surface area contributed by atoms with Crippen LogP contribution in [0, 0.1) is 6.92 Å². The molecule has 2 N–H and O–H groups in total. The summed E-state index contributed by atoms with van der Waals surface area (Å²) in [7, 11) is 0. The van der Waals surface area contributed by atoms with Crippen LogP contribution in [0.3, 0.4) is 0 Å². The molecule has 2 aromatic heterocycles. The average molecular weight is 302 g/mol. The zero-order chi connectivity index (χ0) is 15.0. The number of carbonyl (C=O) groups is 2. The van der Waals surface area contributed by atoms with Crippen molar-refractivity contribution in [3.8, 4) is 0 Å². The second-order valence-corrected chi connectivity index (χ2v) is 5.25. The van der Waals surface area contributed by atoms with Crippen LogP contribution in [0.2, 0.25) is 0 Å². The largest absolute Gasteiger partial charge is 0.478 e. The van der Waals surface area contributed by atoms with Crippen molar-refractivity contribution in [2.24, 2.45) is 0 Å². The molecule has 0 bridgehead atoms. The maximum Gasteiger partial charge on any atom is 0.338 e. The van der Waals surface area contributed by atoms with Crippen LogP contribution in [0.4, 0.5) is 5.00 Å². The van der Waals surface area contributed by atoms with E-state index in [0.29, 0.717) is 16.7 Å². The molecule has 0 aliphatic carbocycles. The molecular formula is C14H10N2O4S. The fourth-order valence-corrected chi connectivity index (χ4v) is 2.86. The van der Waals surface area contributed by atoms with Gasteiger partial charge in [-0.15, -0.1) is 11.3 Å². The number of hydrogen-bond acceptors (Lipinski definition) is 5. The topological polar surface area (TPSA) is 92.4 Å². The molecule has 1 aromatic carbocycles. The lowest BCUT2D eigenvalue weighted by molar-refractivity contribution is 0.0698. The minimum absolute atomic E-state index is 0.0875. The van der Waals surface area contributed by atoms with E-state index in [-0.39, 0.29) is 16.5 Å². The molecule has 106 valence electrons. The van der Waals surface area contributed by atoms with Gasteiger partial charge >= 0.3 is 11.9 Å². The van der Waals surface area contributed by atoms with Crippen LogP contribution in [0.5, 0.6) is 0 Å². The van der Waals surface area contributed by atoms with Gasteiger partial charge in [-0.2, -0.15) is 0 Å². The number of oxazole rings is 1. The molecule has 0 saturated heterocycles. The van der Waals surface area contributed by atoms with Crippen molar-refractivity contribution in [1.82, 2.24) is 4.98 Å². The summed E-state index contributed by atoms with van der Waals surface area (Å²) in [5.41, 5.74) is 1.76. The minimum Gasteiger partial charge on any atom is -0.478 e. The Kier molecular flexibility index (Phi) is 3.19. The molecule has 0 saturated carbocycles. The summed E-state index contributed by atoms with van der Waals surface area (Å²) in [6, 6.07) is 7.00. The molecule has 0 unspecified atom stereocenters. The Morgan fingerprint density at radius 1 is 1.33 bits per heavy atom. The van der Waals surface area contributed by atoms with Crippen LogP contribution in [-0.2, 0) is 0 Å². The molecule has 0 aliphatic heterocycles. The molecule has 2 heterocycles. The zero-order valence-electron chi connectivity index (χ0n) is 10.9. The molecule has 6 nitrogen and oxygen atoms in total. The van der Waals surface area contributed by atoms with Gasteiger partial charge in [0.05, 0.1) is 5.56 Å². The number of carboxylic acid groups (broad SMARTS) is 1. The molecule has 0 atom stereocenters. The normalized spacial score (nSPS) is 10.7. The lowest BCUT2D eigenvalue weighted by Crippen LogP contribution is -2.13. The van der Waals surface area contributed by atoms with Crippen molar-refractivity contribution >= 4 is 39.3 Å². The van der Waals surface area contributed by atoms with Crippen molar-refractivity contribution < 1.29 is 19.1 Å². The summed E-state index contributed by atoms with van der Waals surface area (Å²) in [6.07, 6.45) is 0. The molecule has 3 rings (SSSR count). The summed E-state index contributed by atoms with van der Waals surface area (Å²) < 4.78 is 5.34. The lowest BCUT2D eigenvalue weighted by Gasteiger charge is -2.01. The van der Waals surface area contributed by atoms with Gasteiger partial charge in [0.15, 0.2) is 5.58 Å². The molecule has 0 fully saturated rings. The monoisotopic (exact) mass is 302 g/mol. The van der Waals surface area contributed by atoms with Gasteiger partial charge in [-0.1, -0.05) is 12.1 Å². The second kappa shape index (κ2) is 5.02. The molecule has 1 amide bonds. The Balaban J connectivity index is 1.91. The first-order valence-corrected chi connectivity index (χ1v) is 6.92. The van der Waals surface area contributed by atoms with E-state index in [4.69, 9.17) is 9.52 Å². The quantitative estimate of drug-likeness (QED) is 0.775. The Labute approximate surface area is 123 Å². The van der Waals surface area contributed by atoms with E-state index in [2.05, 4.69) is 10.3 Å². The van der Waals surface area contributed by atoms with Crippen molar-refractivity contribution in [2.75, 3.05) is 5.32 Å². The van der Waals surface area contributed by atoms with E-state index in [9.17, 15) is 9.59 Å². The van der Waals surface area contributed by atoms with Gasteiger partial charge in [0.25, 0.3) is 5.89 Å². The third-order valence-corrected chi connectivity index (χ3v) is 3.92. The summed E-state index contributed by atoms with van der Waals surface area (Å²) in [5.74, 6) is -1.75. The number of benzene rings is 1. The van der Waals surface area contributed by atoms with E-state index in [0.717, 1.165) is 11.3 Å². The number of aromatic nitrogens is 1. The van der Waals surface area contributed by atoms with Crippen LogP contribution >= 0.6 is 11.3 Å². The third-order valence-electron chi connectivity index (χ3n) is 2.90. The van der Waals surface area contributed by atoms with Crippen molar-refractivity contribution in [1.29, 1.82) is 0 Å². The molecule has 21 heavy (non-hydrogen) atoms. The number of fused-ring (bicyclic) bond motifs is 1. The van der Waals surface area contributed by atoms with Crippen LogP contribution in [-0.4, -0.2) is 22.0 Å². The third kappa shape index (κ3) is 2.38. The fourth-order valence-electron chi connectivity index (χ4n) is 1.93. The van der Waals surface area contributed by atoms with Gasteiger partial charge in [0, 0.05) is 0 Å². The number of carbonyl (C=O) groups excluding carboxylic acids is 1. The number of rotatable bonds is 3. The molecule has 0 radical (unpaired) electrons. The highest BCUT2D eigenvalue weighted by Crippen LogP contribution is 2.28. The minimum atomic E-state index is -1.08. The highest BCUT2D eigenvalue weighted by atomic mass is 32.1. The highest BCUT2D eigenvalue weighted by Gasteiger charge is 2.20. The van der Waals surface area contributed by atoms with E-state index >= 15 is 0 Å². The smallest absolute Gasteiger partial charge is 0.338 e. The van der Waals surface area contributed by atoms with Crippen molar-refractivity contribution in [3.05, 3.63) is 46.7 Å². The summed E-state index contributed by atoms with van der Waals surface area (Å²) in [4.78, 5) is 27.4. The first kappa shape index (κ1) is 13.3. The van der Waals surface area contributed by atoms with Gasteiger partial charge < -0.3 is 14.8 Å². The fraction of sp³-hybridized carbons (Fsp3) is 0.0714. The predicted molar refractivity (Wildman–Crippen MR) is 78.0 cm³/mol. The SMILES string of the molecule is Cc1csc(NC(=O)c2nc3ccccc3o2)c1C(=O)O. The Hall–Kier alpha value is -2.67. The standard InChI is InChI=1S/C14H10N2O4S/c1-7-6-21-13(10(7)14(18)19)16-11(17)12-15-8-4-2-3-5-9(8)20-12/h2-6H,1H3,(H,16,17)(H,18,19). The number of thiophene rings is 1. The molecule has 0 spiro atoms. The Morgan fingerprint density at radius 2 is 2.10 bits per heavy atom. The van der Waals surface area contributed by atoms with Crippen LogP contribution in [0.25, 0.3) is 11.1 Å². The average Bonchev–Trinajstić information content (AvgIpc) is 3.02. The summed E-state index contributed by atoms with van der Waals surface area (Å²) in [5, 5.41) is 13.6. The highest BCUT2D eigenvalue weighted by molar-refractivity contribution is 7.15. The lowest BCUT2D eigenvalue weighted by atomic mass is 10.2. The summed E-state index contributed by atoms with van der Waals surface area (Å²) >= 11 is 1.15. The number of hydrogen-bond donors (Lipinski definition) is 2. The molecule has 7 heteroatoms. The van der Waals surface area contributed by atoms with E-state index in [1.807, 2.05) is 0 Å². The van der Waals surface area contributed by atoms with Crippen molar-refractivity contribution in [3.63, 3.8) is 0 Å². The molecule has 0 aliphatic rings. The zero-order valence-corrected chi connectivity index (χ0v) is 11.7. The van der Waals surface area contributed by atoms with Crippen LogP contribution < -0.4 is 5.32 Å². The maximum atomic E-state index is 12.1. The Morgan fingerprint density at radius 3 is 2.81 bits per heavy atom. The number of nitrogens with one attached hydrogen (secondary N) is 1. The van der Waals surface area contributed by atoms with Gasteiger partial charge in [-0.3, -0.25) is 4.79 Å². The van der Waals surface area contributed by atoms with Crippen LogP contribution in [0.1, 0.15) is 26.6 Å². The first-order chi connectivity index (χ1) is 10.1. The predicted octanol–water partition coefficient (Wildman–Crippen LogP) is 3.15. The molecule has 3 aromatic rings. The molecular weight excluding hydrogens is 292 g/mol. The van der Waals surface area contributed by atoms with Crippen LogP contribution in [0.15, 0.2) is 34.1 Å². The number of nitrogens with zero attached hydrogens (tertiary/aromatic N) is 1. The van der Waals surface area contributed by atoms with E-state index < -0.39 is 11.9 Å². The Bertz CT molecular complexity index is 817.